The highest BCUT2D eigenvalue weighted by atomic mass is 16.3. The first-order valence-electron chi connectivity index (χ1n) is 19.5. The lowest BCUT2D eigenvalue weighted by Crippen LogP contribution is -2.16. The first-order chi connectivity index (χ1) is 25.7. The molecule has 0 radical (unpaired) electrons. The number of hydrogen-bond donors (Lipinski definition) is 1. The molecule has 0 saturated carbocycles. The van der Waals surface area contributed by atoms with Crippen molar-refractivity contribution in [3.05, 3.63) is 173 Å². The first-order valence-corrected chi connectivity index (χ1v) is 19.5. The monoisotopic (exact) mass is 695 g/mol. The number of allylic oxidation sites excluding steroid dienone is 10. The van der Waals surface area contributed by atoms with Gasteiger partial charge < -0.3 is 9.73 Å². The van der Waals surface area contributed by atoms with Gasteiger partial charge in [-0.05, 0) is 113 Å². The summed E-state index contributed by atoms with van der Waals surface area (Å²) in [6.07, 6.45) is 19.6. The van der Waals surface area contributed by atoms with Crippen molar-refractivity contribution in [2.24, 2.45) is 0 Å². The molecule has 4 aromatic carbocycles. The summed E-state index contributed by atoms with van der Waals surface area (Å²) in [7, 11) is 0. The Morgan fingerprint density at radius 2 is 1.43 bits per heavy atom. The molecule has 1 heterocycles. The van der Waals surface area contributed by atoms with Gasteiger partial charge in [0.25, 0.3) is 0 Å². The van der Waals surface area contributed by atoms with E-state index in [2.05, 4.69) is 168 Å². The molecule has 0 fully saturated rings. The summed E-state index contributed by atoms with van der Waals surface area (Å²) in [6, 6.07) is 30.7. The Morgan fingerprint density at radius 3 is 2.21 bits per heavy atom. The lowest BCUT2D eigenvalue weighted by Gasteiger charge is -2.24. The van der Waals surface area contributed by atoms with Gasteiger partial charge in [-0.1, -0.05) is 145 Å². The van der Waals surface area contributed by atoms with Crippen LogP contribution in [0.5, 0.6) is 0 Å². The molecule has 4 aliphatic rings. The summed E-state index contributed by atoms with van der Waals surface area (Å²) >= 11 is 0. The number of para-hydroxylation sites is 1. The smallest absolute Gasteiger partial charge is 0.142 e. The van der Waals surface area contributed by atoms with Gasteiger partial charge in [-0.15, -0.1) is 0 Å². The van der Waals surface area contributed by atoms with E-state index < -0.39 is 0 Å². The maximum absolute atomic E-state index is 6.29. The van der Waals surface area contributed by atoms with E-state index in [1.807, 2.05) is 19.9 Å². The van der Waals surface area contributed by atoms with Crippen LogP contribution < -0.4 is 5.32 Å². The van der Waals surface area contributed by atoms with E-state index in [4.69, 9.17) is 4.42 Å². The van der Waals surface area contributed by atoms with Crippen LogP contribution in [0.1, 0.15) is 101 Å². The van der Waals surface area contributed by atoms with Crippen LogP contribution in [0, 0.1) is 0 Å². The van der Waals surface area contributed by atoms with Gasteiger partial charge in [0.05, 0.1) is 0 Å². The molecule has 0 saturated heterocycles. The van der Waals surface area contributed by atoms with Crippen molar-refractivity contribution in [2.45, 2.75) is 85.0 Å². The van der Waals surface area contributed by atoms with E-state index in [1.165, 1.54) is 61.1 Å². The van der Waals surface area contributed by atoms with E-state index in [1.54, 1.807) is 0 Å². The van der Waals surface area contributed by atoms with Crippen molar-refractivity contribution in [2.75, 3.05) is 5.32 Å². The molecule has 4 aliphatic carbocycles. The summed E-state index contributed by atoms with van der Waals surface area (Å²) in [5.74, 6) is 1.02. The molecule has 268 valence electrons. The van der Waals surface area contributed by atoms with Gasteiger partial charge in [0.2, 0.25) is 0 Å². The van der Waals surface area contributed by atoms with Crippen molar-refractivity contribution < 1.29 is 4.42 Å². The highest BCUT2D eigenvalue weighted by Gasteiger charge is 2.38. The quantitative estimate of drug-likeness (QED) is 0.202. The predicted octanol–water partition coefficient (Wildman–Crippen LogP) is 14.7. The second-order valence-corrected chi connectivity index (χ2v) is 15.2. The third kappa shape index (κ3) is 6.29. The number of aryl methyl sites for hydroxylation is 1. The average molecular weight is 696 g/mol. The van der Waals surface area contributed by atoms with Crippen molar-refractivity contribution in [3.63, 3.8) is 0 Å². The zero-order valence-electron chi connectivity index (χ0n) is 32.6. The third-order valence-electron chi connectivity index (χ3n) is 11.5. The highest BCUT2D eigenvalue weighted by Crippen LogP contribution is 2.51. The zero-order chi connectivity index (χ0) is 37.3. The predicted molar refractivity (Wildman–Crippen MR) is 230 cm³/mol. The minimum atomic E-state index is 0.0548. The second-order valence-electron chi connectivity index (χ2n) is 15.2. The number of rotatable bonds is 4. The van der Waals surface area contributed by atoms with E-state index >= 15 is 0 Å². The average Bonchev–Trinajstić information content (AvgIpc) is 3.76. The first kappa shape index (κ1) is 36.0. The van der Waals surface area contributed by atoms with E-state index in [0.717, 1.165) is 54.0 Å². The van der Waals surface area contributed by atoms with Crippen LogP contribution in [0.2, 0.25) is 0 Å². The van der Waals surface area contributed by atoms with Gasteiger partial charge in [-0.2, -0.15) is 0 Å². The Hall–Kier alpha value is -5.34. The topological polar surface area (TPSA) is 25.2 Å². The van der Waals surface area contributed by atoms with Crippen LogP contribution in [0.3, 0.4) is 0 Å². The van der Waals surface area contributed by atoms with Gasteiger partial charge in [-0.3, -0.25) is 0 Å². The summed E-state index contributed by atoms with van der Waals surface area (Å²) in [4.78, 5) is 0. The third-order valence-corrected chi connectivity index (χ3v) is 11.5. The molecule has 1 aromatic heterocycles. The Labute approximate surface area is 317 Å². The lowest BCUT2D eigenvalue weighted by molar-refractivity contribution is 0.596. The number of hydrogen-bond acceptors (Lipinski definition) is 2. The maximum Gasteiger partial charge on any atom is 0.142 e. The van der Waals surface area contributed by atoms with Crippen molar-refractivity contribution in [3.8, 4) is 11.1 Å². The van der Waals surface area contributed by atoms with E-state index in [9.17, 15) is 0 Å². The molecule has 1 N–H and O–H groups in total. The van der Waals surface area contributed by atoms with Crippen LogP contribution in [-0.2, 0) is 17.3 Å². The minimum absolute atomic E-state index is 0.0548. The van der Waals surface area contributed by atoms with E-state index in [-0.39, 0.29) is 10.8 Å². The molecule has 53 heavy (non-hydrogen) atoms. The van der Waals surface area contributed by atoms with Crippen LogP contribution >= 0.6 is 0 Å². The van der Waals surface area contributed by atoms with Gasteiger partial charge in [0, 0.05) is 38.7 Å². The Morgan fingerprint density at radius 1 is 0.717 bits per heavy atom. The van der Waals surface area contributed by atoms with Gasteiger partial charge in [0.15, 0.2) is 0 Å². The molecular weight excluding hydrogens is 643 g/mol. The maximum atomic E-state index is 6.29. The molecule has 0 bridgehead atoms. The Bertz CT molecular complexity index is 2350. The van der Waals surface area contributed by atoms with Crippen molar-refractivity contribution in [1.82, 2.24) is 0 Å². The van der Waals surface area contributed by atoms with Crippen LogP contribution in [0.4, 0.5) is 11.4 Å². The molecule has 2 nitrogen and oxygen atoms in total. The van der Waals surface area contributed by atoms with Crippen LogP contribution in [0.25, 0.3) is 39.3 Å². The number of nitrogens with one attached hydrogen (secondary N) is 1. The van der Waals surface area contributed by atoms with Crippen LogP contribution in [-0.4, -0.2) is 0 Å². The van der Waals surface area contributed by atoms with Crippen molar-refractivity contribution in [1.29, 1.82) is 0 Å². The Kier molecular flexibility index (Phi) is 9.92. The normalized spacial score (nSPS) is 18.4. The fourth-order valence-electron chi connectivity index (χ4n) is 8.91. The number of anilines is 2. The van der Waals surface area contributed by atoms with Crippen molar-refractivity contribution >= 4 is 39.6 Å². The molecule has 0 aliphatic heterocycles. The standard InChI is InChI=1S/C33H29NO.C16H18.C2H6/c1-33(2)29-12-5-3-8-25(29)26-19-18-23(20-30(26)33)34-22-16-14-21(15-17-22)24-10-7-11-28-27-9-4-6-13-31(27)35-32(24)28;1-5-9-12-13-10-7-8-11-15(13)16(3,4)14(12)6-2;1-2/h5-7,10-20,34H,3-4,8-9H2,1-2H3;5-11H,1H2,2-4H3;1-2H3/b;12-9-,14-6+;. The molecule has 5 aromatic rings. The lowest BCUT2D eigenvalue weighted by atomic mass is 9.80. The van der Waals surface area contributed by atoms with Crippen LogP contribution in [0.15, 0.2) is 144 Å². The number of furan rings is 1. The summed E-state index contributed by atoms with van der Waals surface area (Å²) < 4.78 is 6.29. The zero-order valence-corrected chi connectivity index (χ0v) is 32.6. The molecule has 0 unspecified atom stereocenters. The number of benzene rings is 4. The molecule has 0 spiro atoms. The molecule has 2 heteroatoms. The Balaban J connectivity index is 0.000000203. The largest absolute Gasteiger partial charge is 0.456 e. The number of fused-ring (bicyclic) bond motifs is 6. The molecule has 0 amide bonds. The molecule has 9 rings (SSSR count). The fraction of sp³-hybridized carbons (Fsp3) is 0.255. The van der Waals surface area contributed by atoms with Gasteiger partial charge >= 0.3 is 0 Å². The summed E-state index contributed by atoms with van der Waals surface area (Å²) in [5, 5.41) is 4.89. The minimum Gasteiger partial charge on any atom is -0.456 e. The molecular formula is C51H53NO. The summed E-state index contributed by atoms with van der Waals surface area (Å²) in [5.41, 5.74) is 18.4. The fourth-order valence-corrected chi connectivity index (χ4v) is 8.91. The van der Waals surface area contributed by atoms with Gasteiger partial charge in [-0.25, -0.2) is 0 Å². The molecule has 0 atom stereocenters. The highest BCUT2D eigenvalue weighted by molar-refractivity contribution is 5.97. The van der Waals surface area contributed by atoms with E-state index in [0.29, 0.717) is 0 Å². The van der Waals surface area contributed by atoms with Gasteiger partial charge in [0.1, 0.15) is 11.3 Å². The summed E-state index contributed by atoms with van der Waals surface area (Å²) in [6.45, 7) is 19.2. The SMILES string of the molecule is C=C/C=C1\C(=C/C)C(C)(C)c2ccccc21.CC.CC1(C)C2=C(CCC=C2)c2ccc(Nc3ccc(-c4cccc5c6c(oc45)C=CCC6)cc3)cc21. The second kappa shape index (κ2) is 14.6.